The molecule has 0 bridgehead atoms. The number of benzene rings is 1. The van der Waals surface area contributed by atoms with Crippen molar-refractivity contribution in [3.05, 3.63) is 35.9 Å². The average Bonchev–Trinajstić information content (AvgIpc) is 2.41. The maximum atomic E-state index is 11.4. The van der Waals surface area contributed by atoms with E-state index in [1.54, 1.807) is 20.8 Å². The van der Waals surface area contributed by atoms with Crippen molar-refractivity contribution in [1.82, 2.24) is 5.32 Å². The number of aliphatic hydroxyl groups is 1. The van der Waals surface area contributed by atoms with Gasteiger partial charge in [-0.25, -0.2) is 4.79 Å². The first-order valence-corrected chi connectivity index (χ1v) is 7.13. The van der Waals surface area contributed by atoms with Gasteiger partial charge in [0.25, 0.3) is 0 Å². The first kappa shape index (κ1) is 17.5. The maximum absolute atomic E-state index is 11.4. The van der Waals surface area contributed by atoms with Crippen molar-refractivity contribution in [2.24, 2.45) is 0 Å². The lowest BCUT2D eigenvalue weighted by atomic mass is 10.2. The van der Waals surface area contributed by atoms with Crippen LogP contribution < -0.4 is 5.32 Å². The van der Waals surface area contributed by atoms with E-state index in [0.29, 0.717) is 19.6 Å². The summed E-state index contributed by atoms with van der Waals surface area (Å²) in [4.78, 5) is 11.4. The van der Waals surface area contributed by atoms with E-state index < -0.39 is 17.8 Å². The number of carbonyl (C=O) groups is 1. The van der Waals surface area contributed by atoms with Crippen molar-refractivity contribution in [3.63, 3.8) is 0 Å². The van der Waals surface area contributed by atoms with Crippen molar-refractivity contribution in [3.8, 4) is 0 Å². The quantitative estimate of drug-likeness (QED) is 0.758. The summed E-state index contributed by atoms with van der Waals surface area (Å²) in [5, 5.41) is 12.3. The summed E-state index contributed by atoms with van der Waals surface area (Å²) in [6.45, 7) is 6.49. The van der Waals surface area contributed by atoms with E-state index in [0.717, 1.165) is 5.56 Å². The van der Waals surface area contributed by atoms with Gasteiger partial charge in [-0.2, -0.15) is 0 Å². The summed E-state index contributed by atoms with van der Waals surface area (Å²) in [7, 11) is 0. The molecule has 0 saturated heterocycles. The highest BCUT2D eigenvalue weighted by molar-refractivity contribution is 5.67. The number of amides is 1. The van der Waals surface area contributed by atoms with E-state index in [2.05, 4.69) is 5.32 Å². The molecule has 0 fully saturated rings. The van der Waals surface area contributed by atoms with Crippen molar-refractivity contribution in [1.29, 1.82) is 0 Å². The Morgan fingerprint density at radius 1 is 1.29 bits per heavy atom. The molecule has 0 aliphatic rings. The third kappa shape index (κ3) is 9.05. The number of alkyl carbamates (subject to hydrolysis) is 1. The standard InChI is InChI=1S/C16H25NO4/c1-16(2,3)21-15(19)17-11-14(18)9-10-20-12-13-7-5-4-6-8-13/h4-8,14,18H,9-12H2,1-3H3,(H,17,19)/t14-/m1/s1. The van der Waals surface area contributed by atoms with E-state index in [-0.39, 0.29) is 6.54 Å². The lowest BCUT2D eigenvalue weighted by molar-refractivity contribution is 0.0445. The largest absolute Gasteiger partial charge is 0.444 e. The predicted octanol–water partition coefficient (Wildman–Crippen LogP) is 2.48. The van der Waals surface area contributed by atoms with Crippen LogP contribution in [0.15, 0.2) is 30.3 Å². The Morgan fingerprint density at radius 3 is 2.57 bits per heavy atom. The van der Waals surface area contributed by atoms with Crippen LogP contribution in [-0.4, -0.2) is 36.1 Å². The van der Waals surface area contributed by atoms with Crippen LogP contribution in [0.3, 0.4) is 0 Å². The van der Waals surface area contributed by atoms with Gasteiger partial charge in [0.05, 0.1) is 12.7 Å². The fourth-order valence-electron chi connectivity index (χ4n) is 1.60. The lowest BCUT2D eigenvalue weighted by Crippen LogP contribution is -2.37. The van der Waals surface area contributed by atoms with Gasteiger partial charge in [-0.15, -0.1) is 0 Å². The number of nitrogens with one attached hydrogen (secondary N) is 1. The van der Waals surface area contributed by atoms with Crippen LogP contribution in [0.5, 0.6) is 0 Å². The molecule has 5 nitrogen and oxygen atoms in total. The summed E-state index contributed by atoms with van der Waals surface area (Å²) in [6, 6.07) is 9.84. The summed E-state index contributed by atoms with van der Waals surface area (Å²) >= 11 is 0. The summed E-state index contributed by atoms with van der Waals surface area (Å²) in [5.41, 5.74) is 0.562. The number of hydrogen-bond donors (Lipinski definition) is 2. The highest BCUT2D eigenvalue weighted by atomic mass is 16.6. The molecule has 5 heteroatoms. The first-order chi connectivity index (χ1) is 9.87. The molecule has 1 rings (SSSR count). The average molecular weight is 295 g/mol. The molecule has 0 saturated carbocycles. The normalized spacial score (nSPS) is 12.8. The molecule has 1 aromatic carbocycles. The Morgan fingerprint density at radius 2 is 1.95 bits per heavy atom. The molecule has 118 valence electrons. The number of hydrogen-bond acceptors (Lipinski definition) is 4. The second-order valence-corrected chi connectivity index (χ2v) is 5.86. The molecule has 1 amide bonds. The molecule has 0 spiro atoms. The smallest absolute Gasteiger partial charge is 0.407 e. The summed E-state index contributed by atoms with van der Waals surface area (Å²) in [5.74, 6) is 0. The summed E-state index contributed by atoms with van der Waals surface area (Å²) < 4.78 is 10.6. The van der Waals surface area contributed by atoms with Crippen LogP contribution in [0.1, 0.15) is 32.8 Å². The van der Waals surface area contributed by atoms with Gasteiger partial charge in [0.1, 0.15) is 5.60 Å². The minimum Gasteiger partial charge on any atom is -0.444 e. The Hall–Kier alpha value is -1.59. The molecule has 0 unspecified atom stereocenters. The number of rotatable bonds is 7. The number of carbonyl (C=O) groups excluding carboxylic acids is 1. The summed E-state index contributed by atoms with van der Waals surface area (Å²) in [6.07, 6.45) is -0.706. The third-order valence-electron chi connectivity index (χ3n) is 2.59. The van der Waals surface area contributed by atoms with Crippen molar-refractivity contribution < 1.29 is 19.4 Å². The molecule has 0 aliphatic heterocycles. The molecule has 0 heterocycles. The molecule has 21 heavy (non-hydrogen) atoms. The monoisotopic (exact) mass is 295 g/mol. The van der Waals surface area contributed by atoms with Gasteiger partial charge in [-0.05, 0) is 32.8 Å². The molecule has 1 atom stereocenters. The SMILES string of the molecule is CC(C)(C)OC(=O)NC[C@H](O)CCOCc1ccccc1. The van der Waals surface area contributed by atoms with E-state index in [4.69, 9.17) is 9.47 Å². The second kappa shape index (κ2) is 8.64. The van der Waals surface area contributed by atoms with Crippen molar-refractivity contribution in [2.45, 2.75) is 45.5 Å². The maximum Gasteiger partial charge on any atom is 0.407 e. The third-order valence-corrected chi connectivity index (χ3v) is 2.59. The van der Waals surface area contributed by atoms with E-state index in [1.165, 1.54) is 0 Å². The Labute approximate surface area is 126 Å². The van der Waals surface area contributed by atoms with Crippen LogP contribution in [-0.2, 0) is 16.1 Å². The molecular weight excluding hydrogens is 270 g/mol. The molecular formula is C16H25NO4. The van der Waals surface area contributed by atoms with Crippen LogP contribution >= 0.6 is 0 Å². The van der Waals surface area contributed by atoms with Gasteiger partial charge < -0.3 is 19.9 Å². The van der Waals surface area contributed by atoms with Gasteiger partial charge in [0.2, 0.25) is 0 Å². The van der Waals surface area contributed by atoms with Crippen LogP contribution in [0, 0.1) is 0 Å². The molecule has 0 radical (unpaired) electrons. The zero-order valence-corrected chi connectivity index (χ0v) is 13.0. The zero-order valence-electron chi connectivity index (χ0n) is 13.0. The van der Waals surface area contributed by atoms with Crippen molar-refractivity contribution in [2.75, 3.05) is 13.2 Å². The minimum atomic E-state index is -0.645. The first-order valence-electron chi connectivity index (χ1n) is 7.13. The number of aliphatic hydroxyl groups excluding tert-OH is 1. The minimum absolute atomic E-state index is 0.156. The van der Waals surface area contributed by atoms with Crippen LogP contribution in [0.2, 0.25) is 0 Å². The highest BCUT2D eigenvalue weighted by Gasteiger charge is 2.16. The Kier molecular flexibility index (Phi) is 7.19. The molecule has 0 aliphatic carbocycles. The van der Waals surface area contributed by atoms with Crippen molar-refractivity contribution >= 4 is 6.09 Å². The van der Waals surface area contributed by atoms with Gasteiger partial charge in [-0.1, -0.05) is 30.3 Å². The van der Waals surface area contributed by atoms with Gasteiger partial charge in [0.15, 0.2) is 0 Å². The molecule has 1 aromatic rings. The lowest BCUT2D eigenvalue weighted by Gasteiger charge is -2.20. The van der Waals surface area contributed by atoms with E-state index >= 15 is 0 Å². The number of ether oxygens (including phenoxy) is 2. The second-order valence-electron chi connectivity index (χ2n) is 5.86. The zero-order chi connectivity index (χ0) is 15.7. The Balaban J connectivity index is 2.09. The topological polar surface area (TPSA) is 67.8 Å². The fraction of sp³-hybridized carbons (Fsp3) is 0.562. The van der Waals surface area contributed by atoms with Gasteiger partial charge in [0, 0.05) is 13.2 Å². The van der Waals surface area contributed by atoms with E-state index in [9.17, 15) is 9.90 Å². The van der Waals surface area contributed by atoms with Crippen LogP contribution in [0.4, 0.5) is 4.79 Å². The van der Waals surface area contributed by atoms with Gasteiger partial charge >= 0.3 is 6.09 Å². The van der Waals surface area contributed by atoms with E-state index in [1.807, 2.05) is 30.3 Å². The molecule has 2 N–H and O–H groups in total. The highest BCUT2D eigenvalue weighted by Crippen LogP contribution is 2.06. The molecule has 0 aromatic heterocycles. The van der Waals surface area contributed by atoms with Crippen LogP contribution in [0.25, 0.3) is 0 Å². The van der Waals surface area contributed by atoms with Gasteiger partial charge in [-0.3, -0.25) is 0 Å². The fourth-order valence-corrected chi connectivity index (χ4v) is 1.60. The Bertz CT molecular complexity index is 414. The predicted molar refractivity (Wildman–Crippen MR) is 81.0 cm³/mol.